The number of methoxy groups -OCH3 is 2. The van der Waals surface area contributed by atoms with Crippen molar-refractivity contribution in [3.63, 3.8) is 0 Å². The van der Waals surface area contributed by atoms with Crippen LogP contribution in [0.2, 0.25) is 5.02 Å². The van der Waals surface area contributed by atoms with Crippen LogP contribution in [0.4, 0.5) is 4.79 Å². The molecule has 0 radical (unpaired) electrons. The molecule has 0 spiro atoms. The van der Waals surface area contributed by atoms with Gasteiger partial charge in [-0.3, -0.25) is 14.3 Å². The van der Waals surface area contributed by atoms with Crippen molar-refractivity contribution in [1.29, 1.82) is 0 Å². The van der Waals surface area contributed by atoms with Crippen LogP contribution < -0.4 is 29.0 Å². The van der Waals surface area contributed by atoms with Crippen LogP contribution in [0.15, 0.2) is 35.2 Å². The monoisotopic (exact) mass is 515 g/mol. The summed E-state index contributed by atoms with van der Waals surface area (Å²) in [6, 6.07) is 7.05. The molecule has 0 bridgehead atoms. The van der Waals surface area contributed by atoms with Crippen molar-refractivity contribution in [1.82, 2.24) is 14.8 Å². The number of rotatable bonds is 7. The van der Waals surface area contributed by atoms with Crippen LogP contribution in [-0.2, 0) is 16.4 Å². The van der Waals surface area contributed by atoms with Crippen LogP contribution in [0, 0.1) is 0 Å². The molecule has 178 valence electrons. The maximum Gasteiger partial charge on any atom is 0.307 e. The Labute approximate surface area is 200 Å². The van der Waals surface area contributed by atoms with Crippen LogP contribution in [0.1, 0.15) is 15.9 Å². The summed E-state index contributed by atoms with van der Waals surface area (Å²) in [5.41, 5.74) is 0.790. The molecule has 1 aliphatic heterocycles. The second-order valence-corrected chi connectivity index (χ2v) is 9.91. The Bertz CT molecular complexity index is 1170. The first-order valence-corrected chi connectivity index (χ1v) is 12.2. The van der Waals surface area contributed by atoms with Crippen molar-refractivity contribution in [3.8, 4) is 17.2 Å². The van der Waals surface area contributed by atoms with E-state index in [1.807, 2.05) is 4.72 Å². The van der Waals surface area contributed by atoms with Gasteiger partial charge in [0.05, 0.1) is 25.8 Å². The topological polar surface area (TPSA) is 132 Å². The van der Waals surface area contributed by atoms with Gasteiger partial charge in [-0.1, -0.05) is 11.6 Å². The lowest BCUT2D eigenvalue weighted by Crippen LogP contribution is -2.43. The van der Waals surface area contributed by atoms with Crippen molar-refractivity contribution >= 4 is 44.7 Å². The molecule has 0 aromatic heterocycles. The standard InChI is InChI=1S/C20H22ClN3O7S2/c1-22-32-20(26)24-33(27,28)18-7-11-6-13(10-31-16(11)9-17(18)30-3)23-19(25)14-8-12(21)4-5-15(14)29-2/h4-5,7-9,13,22H,6,10H2,1-3H3,(H,23,25)(H,24,26). The zero-order valence-electron chi connectivity index (χ0n) is 17.9. The number of ether oxygens (including phenoxy) is 3. The lowest BCUT2D eigenvalue weighted by atomic mass is 10.0. The molecule has 2 amide bonds. The molecule has 0 saturated carbocycles. The Hall–Kier alpha value is -2.67. The summed E-state index contributed by atoms with van der Waals surface area (Å²) in [5.74, 6) is 0.397. The van der Waals surface area contributed by atoms with E-state index in [9.17, 15) is 18.0 Å². The summed E-state index contributed by atoms with van der Waals surface area (Å²) in [6.45, 7) is 0.159. The number of fused-ring (bicyclic) bond motifs is 1. The predicted molar refractivity (Wildman–Crippen MR) is 124 cm³/mol. The number of benzene rings is 2. The molecule has 0 aliphatic carbocycles. The van der Waals surface area contributed by atoms with Crippen LogP contribution in [0.5, 0.6) is 17.2 Å². The van der Waals surface area contributed by atoms with Gasteiger partial charge in [-0.25, -0.2) is 13.1 Å². The summed E-state index contributed by atoms with van der Waals surface area (Å²) in [4.78, 5) is 24.4. The lowest BCUT2D eigenvalue weighted by molar-refractivity contribution is 0.0912. The van der Waals surface area contributed by atoms with Gasteiger partial charge in [-0.15, -0.1) is 0 Å². The molecule has 10 nitrogen and oxygen atoms in total. The highest BCUT2D eigenvalue weighted by Gasteiger charge is 2.29. The number of amides is 2. The van der Waals surface area contributed by atoms with Gasteiger partial charge >= 0.3 is 5.24 Å². The summed E-state index contributed by atoms with van der Waals surface area (Å²) in [6.07, 6.45) is 0.287. The number of carbonyl (C=O) groups is 2. The van der Waals surface area contributed by atoms with Gasteiger partial charge in [0.1, 0.15) is 28.8 Å². The quantitative estimate of drug-likeness (QED) is 0.475. The highest BCUT2D eigenvalue weighted by Crippen LogP contribution is 2.35. The fourth-order valence-corrected chi connectivity index (χ4v) is 5.14. The molecule has 13 heteroatoms. The maximum absolute atomic E-state index is 12.8. The van der Waals surface area contributed by atoms with E-state index in [-0.39, 0.29) is 29.2 Å². The van der Waals surface area contributed by atoms with Crippen LogP contribution >= 0.6 is 23.5 Å². The summed E-state index contributed by atoms with van der Waals surface area (Å²) < 4.78 is 46.1. The Balaban J connectivity index is 1.84. The fraction of sp³-hybridized carbons (Fsp3) is 0.300. The number of sulfonamides is 1. The van der Waals surface area contributed by atoms with E-state index in [1.165, 1.54) is 39.5 Å². The van der Waals surface area contributed by atoms with Gasteiger partial charge < -0.3 is 19.5 Å². The average Bonchev–Trinajstić information content (AvgIpc) is 2.77. The maximum atomic E-state index is 12.8. The van der Waals surface area contributed by atoms with Crippen molar-refractivity contribution < 1.29 is 32.2 Å². The van der Waals surface area contributed by atoms with Crippen LogP contribution in [-0.4, -0.2) is 53.5 Å². The Kier molecular flexibility index (Phi) is 7.95. The van der Waals surface area contributed by atoms with Gasteiger partial charge in [-0.05, 0) is 43.3 Å². The zero-order chi connectivity index (χ0) is 24.2. The van der Waals surface area contributed by atoms with Crippen LogP contribution in [0.25, 0.3) is 0 Å². The SMILES string of the molecule is CNSC(=O)NS(=O)(=O)c1cc2c(cc1OC)OCC(NC(=O)c1cc(Cl)ccc1OC)C2. The average molecular weight is 516 g/mol. The van der Waals surface area contributed by atoms with E-state index in [0.717, 1.165) is 0 Å². The molecule has 3 rings (SSSR count). The highest BCUT2D eigenvalue weighted by atomic mass is 35.5. The van der Waals surface area contributed by atoms with Crippen LogP contribution in [0.3, 0.4) is 0 Å². The lowest BCUT2D eigenvalue weighted by Gasteiger charge is -2.27. The molecular weight excluding hydrogens is 494 g/mol. The highest BCUT2D eigenvalue weighted by molar-refractivity contribution is 8.13. The third kappa shape index (κ3) is 5.82. The minimum absolute atomic E-state index is 0.0228. The summed E-state index contributed by atoms with van der Waals surface area (Å²) in [7, 11) is 0.0347. The summed E-state index contributed by atoms with van der Waals surface area (Å²) in [5, 5.41) is 2.43. The molecule has 2 aromatic carbocycles. The second kappa shape index (κ2) is 10.5. The molecule has 1 unspecified atom stereocenters. The smallest absolute Gasteiger partial charge is 0.307 e. The first-order chi connectivity index (χ1) is 15.7. The van der Waals surface area contributed by atoms with Gasteiger partial charge in [-0.2, -0.15) is 0 Å². The van der Waals surface area contributed by atoms with Gasteiger partial charge in [0.15, 0.2) is 0 Å². The van der Waals surface area contributed by atoms with E-state index in [0.29, 0.717) is 34.0 Å². The van der Waals surface area contributed by atoms with E-state index in [2.05, 4.69) is 10.0 Å². The van der Waals surface area contributed by atoms with E-state index in [4.69, 9.17) is 25.8 Å². The Morgan fingerprint density at radius 1 is 1.15 bits per heavy atom. The molecule has 1 aliphatic rings. The van der Waals surface area contributed by atoms with Gasteiger partial charge in [0.25, 0.3) is 15.9 Å². The molecule has 2 aromatic rings. The Morgan fingerprint density at radius 2 is 1.88 bits per heavy atom. The fourth-order valence-electron chi connectivity index (χ4n) is 3.25. The minimum atomic E-state index is -4.21. The number of carbonyl (C=O) groups excluding carboxylic acids is 2. The largest absolute Gasteiger partial charge is 0.496 e. The number of hydrogen-bond acceptors (Lipinski definition) is 9. The van der Waals surface area contributed by atoms with Crippen molar-refractivity contribution in [2.75, 3.05) is 27.9 Å². The molecule has 1 heterocycles. The molecular formula is C20H22ClN3O7S2. The number of nitrogens with one attached hydrogen (secondary N) is 3. The molecule has 1 atom stereocenters. The first kappa shape index (κ1) is 25.0. The molecule has 3 N–H and O–H groups in total. The zero-order valence-corrected chi connectivity index (χ0v) is 20.3. The van der Waals surface area contributed by atoms with E-state index >= 15 is 0 Å². The van der Waals surface area contributed by atoms with E-state index in [1.54, 1.807) is 12.1 Å². The van der Waals surface area contributed by atoms with Gasteiger partial charge in [0.2, 0.25) is 0 Å². The third-order valence-corrected chi connectivity index (χ3v) is 6.90. The molecule has 33 heavy (non-hydrogen) atoms. The molecule has 0 fully saturated rings. The first-order valence-electron chi connectivity index (χ1n) is 9.57. The number of halogens is 1. The van der Waals surface area contributed by atoms with E-state index < -0.39 is 27.2 Å². The Morgan fingerprint density at radius 3 is 2.55 bits per heavy atom. The predicted octanol–water partition coefficient (Wildman–Crippen LogP) is 2.36. The number of hydrogen-bond donors (Lipinski definition) is 3. The third-order valence-electron chi connectivity index (χ3n) is 4.70. The van der Waals surface area contributed by atoms with Crippen molar-refractivity contribution in [3.05, 3.63) is 46.5 Å². The normalized spacial score (nSPS) is 15.1. The van der Waals surface area contributed by atoms with Gasteiger partial charge in [0, 0.05) is 23.0 Å². The summed E-state index contributed by atoms with van der Waals surface area (Å²) >= 11 is 6.60. The molecule has 0 saturated heterocycles. The second-order valence-electron chi connectivity index (χ2n) is 6.84. The minimum Gasteiger partial charge on any atom is -0.496 e. The van der Waals surface area contributed by atoms with Crippen molar-refractivity contribution in [2.24, 2.45) is 0 Å². The van der Waals surface area contributed by atoms with Crippen molar-refractivity contribution in [2.45, 2.75) is 17.4 Å².